The maximum absolute atomic E-state index is 13.1. The fraction of sp³-hybridized carbons (Fsp3) is 0.318. The maximum atomic E-state index is 13.1. The molecule has 1 saturated heterocycles. The normalized spacial score (nSPS) is 17.2. The first kappa shape index (κ1) is 18.2. The third-order valence-corrected chi connectivity index (χ3v) is 5.43. The van der Waals surface area contributed by atoms with Crippen molar-refractivity contribution < 1.29 is 4.79 Å². The number of anilines is 1. The summed E-state index contributed by atoms with van der Waals surface area (Å²) in [5.74, 6) is -0.290. The first-order valence-electron chi connectivity index (χ1n) is 9.54. The first-order valence-corrected chi connectivity index (χ1v) is 9.54. The quantitative estimate of drug-likeness (QED) is 0.690. The van der Waals surface area contributed by atoms with Crippen LogP contribution >= 0.6 is 0 Å². The van der Waals surface area contributed by atoms with Crippen molar-refractivity contribution in [3.63, 3.8) is 0 Å². The molecule has 2 aromatic carbocycles. The summed E-state index contributed by atoms with van der Waals surface area (Å²) in [7, 11) is 1.68. The Kier molecular flexibility index (Phi) is 4.63. The number of fused-ring (bicyclic) bond motifs is 1. The molecule has 1 fully saturated rings. The van der Waals surface area contributed by atoms with Crippen molar-refractivity contribution in [1.29, 1.82) is 0 Å². The van der Waals surface area contributed by atoms with Crippen LogP contribution in [-0.4, -0.2) is 46.0 Å². The van der Waals surface area contributed by atoms with Crippen LogP contribution in [0.4, 0.5) is 5.69 Å². The number of benzene rings is 2. The molecule has 4 rings (SSSR count). The van der Waals surface area contributed by atoms with E-state index in [2.05, 4.69) is 48.0 Å². The number of carbonyl (C=O) groups is 1. The number of nitrogens with zero attached hydrogens (tertiary/aromatic N) is 4. The molecule has 1 aliphatic rings. The molecule has 1 amide bonds. The zero-order chi connectivity index (χ0) is 19.8. The Morgan fingerprint density at radius 3 is 2.64 bits per heavy atom. The van der Waals surface area contributed by atoms with Gasteiger partial charge in [-0.25, -0.2) is 4.98 Å². The van der Waals surface area contributed by atoms with E-state index < -0.39 is 0 Å². The Hall–Kier alpha value is -3.15. The lowest BCUT2D eigenvalue weighted by atomic mass is 10.1. The van der Waals surface area contributed by atoms with Gasteiger partial charge in [0.15, 0.2) is 5.69 Å². The summed E-state index contributed by atoms with van der Waals surface area (Å²) in [6.07, 6.45) is 0. The molecule has 6 nitrogen and oxygen atoms in total. The van der Waals surface area contributed by atoms with Crippen LogP contribution in [0.2, 0.25) is 0 Å². The molecule has 0 saturated carbocycles. The first-order chi connectivity index (χ1) is 13.5. The molecular weight excluding hydrogens is 352 g/mol. The number of aromatic nitrogens is 2. The van der Waals surface area contributed by atoms with E-state index in [1.54, 1.807) is 11.9 Å². The van der Waals surface area contributed by atoms with Gasteiger partial charge in [0.1, 0.15) is 0 Å². The minimum Gasteiger partial charge on any atom is -0.365 e. The van der Waals surface area contributed by atoms with Gasteiger partial charge < -0.3 is 14.4 Å². The molecule has 0 N–H and O–H groups in total. The molecule has 0 unspecified atom stereocenters. The molecule has 0 bridgehead atoms. The van der Waals surface area contributed by atoms with E-state index >= 15 is 0 Å². The Morgan fingerprint density at radius 2 is 1.89 bits per heavy atom. The minimum absolute atomic E-state index is 0.00240. The number of hydrogen-bond donors (Lipinski definition) is 0. The molecule has 144 valence electrons. The molecule has 2 heterocycles. The third kappa shape index (κ3) is 3.15. The fourth-order valence-corrected chi connectivity index (χ4v) is 3.90. The van der Waals surface area contributed by atoms with E-state index in [1.165, 1.54) is 15.8 Å². The Morgan fingerprint density at radius 1 is 1.11 bits per heavy atom. The van der Waals surface area contributed by atoms with Gasteiger partial charge in [0.2, 0.25) is 0 Å². The van der Waals surface area contributed by atoms with Crippen molar-refractivity contribution in [2.75, 3.05) is 24.5 Å². The van der Waals surface area contributed by atoms with Crippen LogP contribution in [0.1, 0.15) is 23.0 Å². The SMILES string of the molecule is Cc1cccc(N2CCN(C(=O)c3nc4ccccc4n(C)c3=O)C[C@H]2C)c1. The lowest BCUT2D eigenvalue weighted by Gasteiger charge is -2.41. The van der Waals surface area contributed by atoms with Crippen molar-refractivity contribution in [3.05, 3.63) is 70.1 Å². The maximum Gasteiger partial charge on any atom is 0.282 e. The molecule has 0 spiro atoms. The summed E-state index contributed by atoms with van der Waals surface area (Å²) in [5, 5.41) is 0. The summed E-state index contributed by atoms with van der Waals surface area (Å²) in [4.78, 5) is 34.2. The highest BCUT2D eigenvalue weighted by molar-refractivity contribution is 5.94. The summed E-state index contributed by atoms with van der Waals surface area (Å²) < 4.78 is 1.50. The number of amides is 1. The van der Waals surface area contributed by atoms with Crippen LogP contribution in [0.25, 0.3) is 11.0 Å². The molecule has 3 aromatic rings. The number of para-hydroxylation sites is 2. The molecular formula is C22H24N4O2. The second-order valence-corrected chi connectivity index (χ2v) is 7.45. The highest BCUT2D eigenvalue weighted by Gasteiger charge is 2.30. The van der Waals surface area contributed by atoms with Gasteiger partial charge in [0.05, 0.1) is 11.0 Å². The molecule has 0 radical (unpaired) electrons. The third-order valence-electron chi connectivity index (χ3n) is 5.43. The summed E-state index contributed by atoms with van der Waals surface area (Å²) in [6.45, 7) is 6.03. The van der Waals surface area contributed by atoms with Crippen molar-refractivity contribution in [1.82, 2.24) is 14.5 Å². The van der Waals surface area contributed by atoms with Gasteiger partial charge in [-0.15, -0.1) is 0 Å². The Labute approximate surface area is 164 Å². The second kappa shape index (κ2) is 7.11. The van der Waals surface area contributed by atoms with Crippen LogP contribution in [0.5, 0.6) is 0 Å². The van der Waals surface area contributed by atoms with Crippen molar-refractivity contribution in [2.45, 2.75) is 19.9 Å². The average molecular weight is 376 g/mol. The van der Waals surface area contributed by atoms with Gasteiger partial charge in [-0.2, -0.15) is 0 Å². The molecule has 28 heavy (non-hydrogen) atoms. The van der Waals surface area contributed by atoms with Crippen molar-refractivity contribution in [3.8, 4) is 0 Å². The lowest BCUT2D eigenvalue weighted by molar-refractivity contribution is 0.0718. The largest absolute Gasteiger partial charge is 0.365 e. The second-order valence-electron chi connectivity index (χ2n) is 7.45. The van der Waals surface area contributed by atoms with E-state index in [0.717, 1.165) is 12.1 Å². The van der Waals surface area contributed by atoms with Crippen LogP contribution in [-0.2, 0) is 7.05 Å². The van der Waals surface area contributed by atoms with E-state index in [1.807, 2.05) is 24.3 Å². The monoisotopic (exact) mass is 376 g/mol. The van der Waals surface area contributed by atoms with Crippen LogP contribution in [0.15, 0.2) is 53.3 Å². The Balaban J connectivity index is 1.60. The highest BCUT2D eigenvalue weighted by atomic mass is 16.2. The van der Waals surface area contributed by atoms with Crippen molar-refractivity contribution >= 4 is 22.6 Å². The Bertz CT molecular complexity index is 1110. The van der Waals surface area contributed by atoms with Gasteiger partial charge in [0, 0.05) is 38.4 Å². The van der Waals surface area contributed by atoms with Gasteiger partial charge >= 0.3 is 0 Å². The predicted molar refractivity (Wildman–Crippen MR) is 111 cm³/mol. The minimum atomic E-state index is -0.350. The average Bonchev–Trinajstić information content (AvgIpc) is 2.70. The fourth-order valence-electron chi connectivity index (χ4n) is 3.90. The zero-order valence-electron chi connectivity index (χ0n) is 16.4. The van der Waals surface area contributed by atoms with Crippen LogP contribution in [0, 0.1) is 6.92 Å². The summed E-state index contributed by atoms with van der Waals surface area (Å²) in [5.41, 5.74) is 3.40. The van der Waals surface area contributed by atoms with E-state index in [0.29, 0.717) is 18.6 Å². The molecule has 6 heteroatoms. The van der Waals surface area contributed by atoms with Crippen LogP contribution in [0.3, 0.4) is 0 Å². The summed E-state index contributed by atoms with van der Waals surface area (Å²) in [6, 6.07) is 15.9. The van der Waals surface area contributed by atoms with E-state index in [4.69, 9.17) is 0 Å². The van der Waals surface area contributed by atoms with Gasteiger partial charge in [0.25, 0.3) is 11.5 Å². The standard InChI is InChI=1S/C22H24N4O2/c1-15-7-6-8-17(13-15)26-12-11-25(14-16(26)2)22(28)20-21(27)24(3)19-10-5-4-9-18(19)23-20/h4-10,13,16H,11-12,14H2,1-3H3/t16-/m1/s1. The number of aryl methyl sites for hydroxylation is 2. The number of rotatable bonds is 2. The molecule has 1 atom stereocenters. The number of carbonyl (C=O) groups excluding carboxylic acids is 1. The zero-order valence-corrected chi connectivity index (χ0v) is 16.4. The smallest absolute Gasteiger partial charge is 0.282 e. The summed E-state index contributed by atoms with van der Waals surface area (Å²) >= 11 is 0. The molecule has 0 aliphatic carbocycles. The lowest BCUT2D eigenvalue weighted by Crippen LogP contribution is -2.54. The highest BCUT2D eigenvalue weighted by Crippen LogP contribution is 2.22. The van der Waals surface area contributed by atoms with E-state index in [9.17, 15) is 9.59 Å². The predicted octanol–water partition coefficient (Wildman–Crippen LogP) is 2.59. The number of hydrogen-bond acceptors (Lipinski definition) is 4. The molecule has 1 aliphatic heterocycles. The van der Waals surface area contributed by atoms with Crippen molar-refractivity contribution in [2.24, 2.45) is 7.05 Å². The molecule has 1 aromatic heterocycles. The van der Waals surface area contributed by atoms with Gasteiger partial charge in [-0.3, -0.25) is 9.59 Å². The van der Waals surface area contributed by atoms with Crippen LogP contribution < -0.4 is 10.5 Å². The topological polar surface area (TPSA) is 58.4 Å². The van der Waals surface area contributed by atoms with Gasteiger partial charge in [-0.05, 0) is 43.7 Å². The number of piperazine rings is 1. The van der Waals surface area contributed by atoms with E-state index in [-0.39, 0.29) is 23.2 Å². The van der Waals surface area contributed by atoms with Gasteiger partial charge in [-0.1, -0.05) is 24.3 Å².